The molecule has 2 aliphatic carbocycles. The van der Waals surface area contributed by atoms with Crippen molar-refractivity contribution in [3.8, 4) is 0 Å². The molecular formula is C54H93N7O19. The molecule has 458 valence electrons. The van der Waals surface area contributed by atoms with E-state index in [0.29, 0.717) is 5.76 Å². The molecular weight excluding hydrogens is 1050 g/mol. The number of rotatable bonds is 14. The van der Waals surface area contributed by atoms with Gasteiger partial charge in [0.2, 0.25) is 5.91 Å². The van der Waals surface area contributed by atoms with Gasteiger partial charge in [0.1, 0.15) is 63.8 Å². The van der Waals surface area contributed by atoms with Crippen molar-refractivity contribution in [2.45, 2.75) is 243 Å². The van der Waals surface area contributed by atoms with Crippen LogP contribution in [0.15, 0.2) is 11.8 Å². The Morgan fingerprint density at radius 3 is 1.76 bits per heavy atom. The summed E-state index contributed by atoms with van der Waals surface area (Å²) < 4.78 is 47.0. The van der Waals surface area contributed by atoms with Gasteiger partial charge in [-0.05, 0) is 143 Å². The van der Waals surface area contributed by atoms with Crippen molar-refractivity contribution in [1.29, 1.82) is 0 Å². The van der Waals surface area contributed by atoms with Crippen LogP contribution < -0.4 is 26.6 Å². The van der Waals surface area contributed by atoms with Crippen molar-refractivity contribution in [2.75, 3.05) is 39.8 Å². The number of likely N-dealkylation sites (N-methyl/N-ethyl adjacent to an activating group) is 1. The lowest BCUT2D eigenvalue weighted by atomic mass is 9.72. The molecule has 2 unspecified atom stereocenters. The predicted octanol–water partition coefficient (Wildman–Crippen LogP) is 2.64. The molecule has 0 bridgehead atoms. The van der Waals surface area contributed by atoms with E-state index in [4.69, 9.17) is 37.9 Å². The van der Waals surface area contributed by atoms with Gasteiger partial charge in [-0.25, -0.2) is 24.0 Å². The molecule has 10 N–H and O–H groups in total. The Morgan fingerprint density at radius 2 is 1.24 bits per heavy atom. The van der Waals surface area contributed by atoms with Gasteiger partial charge in [0.05, 0.1) is 43.0 Å². The lowest BCUT2D eigenvalue weighted by molar-refractivity contribution is -0.306. The second kappa shape index (κ2) is 24.9. The first-order valence-electron chi connectivity index (χ1n) is 27.5. The second-order valence-corrected chi connectivity index (χ2v) is 27.2. The zero-order valence-corrected chi connectivity index (χ0v) is 49.8. The van der Waals surface area contributed by atoms with Crippen molar-refractivity contribution in [3.05, 3.63) is 11.8 Å². The van der Waals surface area contributed by atoms with E-state index in [1.807, 2.05) is 0 Å². The van der Waals surface area contributed by atoms with Crippen LogP contribution in [0.1, 0.15) is 136 Å². The zero-order chi connectivity index (χ0) is 60.5. The first kappa shape index (κ1) is 65.8. The maximum Gasteiger partial charge on any atom is 0.410 e. The van der Waals surface area contributed by atoms with E-state index in [1.54, 1.807) is 110 Å². The standard InChI is InChI=1S/C54H93N7O19/c1-48(2,3)76-43(66)56-29-21-54(72,22-29)26-55-23-30-18-19-31(58-44(67)77-49(4,5)6)38(74-30)34-32(59-45(68)78-50(7,8)9)20-33(57-41(65)35(62)28-24-61(25-28)47(70)80-52(13,14)15)39(36(34)63)75-42-37(64)40(53(16,71)27-73-42)60(17)46(69)79-51(10,11)12/h18,28-29,31-40,42,55,62-64,71-72H,19-27H2,1-17H3,(H,56,66)(H,57,65)(H,58,67)(H,59,68)/t29?,31-,32+,33-,34-,35?,36+,37-,38?,39+,40-,42-,53+,54?/m1/s1. The Morgan fingerprint density at radius 1 is 0.725 bits per heavy atom. The van der Waals surface area contributed by atoms with E-state index >= 15 is 0 Å². The molecule has 6 amide bonds. The summed E-state index contributed by atoms with van der Waals surface area (Å²) in [6.45, 7) is 26.1. The van der Waals surface area contributed by atoms with E-state index in [2.05, 4.69) is 26.6 Å². The van der Waals surface area contributed by atoms with Gasteiger partial charge in [-0.2, -0.15) is 0 Å². The van der Waals surface area contributed by atoms with Crippen LogP contribution in [0.2, 0.25) is 0 Å². The normalized spacial score (nSPS) is 31.8. The van der Waals surface area contributed by atoms with Crippen LogP contribution in [-0.4, -0.2) is 218 Å². The molecule has 12 atom stereocenters. The fourth-order valence-corrected chi connectivity index (χ4v) is 10.4. The molecule has 26 heteroatoms. The van der Waals surface area contributed by atoms with Gasteiger partial charge >= 0.3 is 30.5 Å². The van der Waals surface area contributed by atoms with Crippen molar-refractivity contribution in [2.24, 2.45) is 11.8 Å². The van der Waals surface area contributed by atoms with Gasteiger partial charge < -0.3 is 99.8 Å². The smallest absolute Gasteiger partial charge is 0.410 e. The number of aliphatic hydroxyl groups excluding tert-OH is 3. The maximum atomic E-state index is 14.3. The average molecular weight is 1140 g/mol. The lowest BCUT2D eigenvalue weighted by Gasteiger charge is -2.52. The van der Waals surface area contributed by atoms with Gasteiger partial charge in [-0.3, -0.25) is 4.79 Å². The number of aliphatic hydroxyl groups is 5. The fourth-order valence-electron chi connectivity index (χ4n) is 10.4. The number of amides is 6. The van der Waals surface area contributed by atoms with Crippen LogP contribution in [0, 0.1) is 11.8 Å². The van der Waals surface area contributed by atoms with E-state index in [-0.39, 0.29) is 57.9 Å². The largest absolute Gasteiger partial charge is 0.491 e. The minimum absolute atomic E-state index is 0.0206. The molecule has 0 aromatic carbocycles. The first-order valence-corrected chi connectivity index (χ1v) is 27.5. The van der Waals surface area contributed by atoms with Crippen LogP contribution in [0.3, 0.4) is 0 Å². The highest BCUT2D eigenvalue weighted by Gasteiger charge is 2.57. The summed E-state index contributed by atoms with van der Waals surface area (Å²) in [5.74, 6) is -2.68. The minimum atomic E-state index is -1.89. The van der Waals surface area contributed by atoms with Gasteiger partial charge in [-0.1, -0.05) is 0 Å². The molecule has 3 heterocycles. The molecule has 0 spiro atoms. The third-order valence-corrected chi connectivity index (χ3v) is 13.7. The number of alkyl carbamates (subject to hydrolysis) is 3. The molecule has 0 aromatic rings. The Hall–Kier alpha value is -4.96. The first-order chi connectivity index (χ1) is 36.4. The number of likely N-dealkylation sites (tertiary alicyclic amines) is 1. The summed E-state index contributed by atoms with van der Waals surface area (Å²) in [5, 5.41) is 74.1. The molecule has 2 saturated heterocycles. The molecule has 3 aliphatic heterocycles. The van der Waals surface area contributed by atoms with E-state index in [0.717, 1.165) is 4.90 Å². The van der Waals surface area contributed by atoms with Crippen LogP contribution in [0.5, 0.6) is 0 Å². The number of nitrogens with zero attached hydrogens (tertiary/aromatic N) is 2. The van der Waals surface area contributed by atoms with Crippen LogP contribution in [-0.2, 0) is 42.7 Å². The minimum Gasteiger partial charge on any atom is -0.491 e. The number of nitrogens with one attached hydrogen (secondary N) is 5. The van der Waals surface area contributed by atoms with Gasteiger partial charge in [0.15, 0.2) is 6.29 Å². The summed E-state index contributed by atoms with van der Waals surface area (Å²) >= 11 is 0. The summed E-state index contributed by atoms with van der Waals surface area (Å²) in [5.41, 5.74) is -7.55. The lowest BCUT2D eigenvalue weighted by Crippen LogP contribution is -2.71. The SMILES string of the molecule is CN(C(=O)OC(C)(C)C)[C@@H]1[C@@H](O)[C@@H](O[C@@H]2[C@@H](O)[C@H](C3OC(CNCC4(O)CC(NC(=O)OC(C)(C)C)C4)=CC[C@H]3NC(=O)OC(C)(C)C)[C@@H](NC(=O)OC(C)(C)C)C[C@H]2NC(=O)C(O)C2CN(C(=O)OC(C)(C)C)C2)OC[C@]1(C)O. The Balaban J connectivity index is 1.51. The highest BCUT2D eigenvalue weighted by Crippen LogP contribution is 2.40. The van der Waals surface area contributed by atoms with Crippen molar-refractivity contribution in [1.82, 2.24) is 36.4 Å². The highest BCUT2D eigenvalue weighted by molar-refractivity contribution is 5.82. The van der Waals surface area contributed by atoms with Crippen molar-refractivity contribution >= 4 is 36.4 Å². The number of carbonyl (C=O) groups is 6. The number of hydrogen-bond donors (Lipinski definition) is 10. The Bertz CT molecular complexity index is 2220. The maximum absolute atomic E-state index is 14.3. The summed E-state index contributed by atoms with van der Waals surface area (Å²) in [6, 6.07) is -5.32. The zero-order valence-electron chi connectivity index (χ0n) is 49.8. The van der Waals surface area contributed by atoms with Gasteiger partial charge in [0, 0.05) is 50.6 Å². The molecule has 5 rings (SSSR count). The number of hydrogen-bond acceptors (Lipinski definition) is 20. The highest BCUT2D eigenvalue weighted by atomic mass is 16.7. The quantitative estimate of drug-likeness (QED) is 0.112. The van der Waals surface area contributed by atoms with Crippen LogP contribution in [0.25, 0.3) is 0 Å². The molecule has 2 saturated carbocycles. The Labute approximate surface area is 469 Å². The van der Waals surface area contributed by atoms with Crippen molar-refractivity contribution in [3.63, 3.8) is 0 Å². The van der Waals surface area contributed by atoms with Crippen molar-refractivity contribution < 1.29 is 92.2 Å². The average Bonchev–Trinajstić information content (AvgIpc) is 3.21. The van der Waals surface area contributed by atoms with Crippen LogP contribution in [0.4, 0.5) is 24.0 Å². The van der Waals surface area contributed by atoms with E-state index in [1.165, 1.54) is 18.9 Å². The molecule has 4 fully saturated rings. The molecule has 80 heavy (non-hydrogen) atoms. The molecule has 0 radical (unpaired) electrons. The van der Waals surface area contributed by atoms with Gasteiger partial charge in [-0.15, -0.1) is 0 Å². The topological polar surface area (TPSA) is 344 Å². The summed E-state index contributed by atoms with van der Waals surface area (Å²) in [7, 11) is 1.32. The molecule has 0 aromatic heterocycles. The third kappa shape index (κ3) is 18.8. The van der Waals surface area contributed by atoms with Gasteiger partial charge in [0.25, 0.3) is 0 Å². The van der Waals surface area contributed by atoms with Crippen LogP contribution >= 0.6 is 0 Å². The van der Waals surface area contributed by atoms with E-state index in [9.17, 15) is 54.3 Å². The fraction of sp³-hybridized carbons (Fsp3) is 0.852. The summed E-state index contributed by atoms with van der Waals surface area (Å²) in [4.78, 5) is 82.8. The molecule has 5 aliphatic rings. The molecule has 26 nitrogen and oxygen atoms in total. The number of ether oxygens (including phenoxy) is 8. The Kier molecular flexibility index (Phi) is 20.5. The van der Waals surface area contributed by atoms with E-state index < -0.39 is 155 Å². The predicted molar refractivity (Wildman–Crippen MR) is 286 cm³/mol. The second-order valence-electron chi connectivity index (χ2n) is 27.2. The third-order valence-electron chi connectivity index (χ3n) is 13.7. The number of carbonyl (C=O) groups excluding carboxylic acids is 6. The summed E-state index contributed by atoms with van der Waals surface area (Å²) in [6.07, 6.45) is -12.0. The monoisotopic (exact) mass is 1140 g/mol.